The molecule has 0 aliphatic carbocycles. The zero-order valence-corrected chi connectivity index (χ0v) is 13.5. The fraction of sp³-hybridized carbons (Fsp3) is 0.100. The third-order valence-corrected chi connectivity index (χ3v) is 4.27. The van der Waals surface area contributed by atoms with Crippen molar-refractivity contribution in [3.05, 3.63) is 71.6 Å². The van der Waals surface area contributed by atoms with Crippen LogP contribution in [0.15, 0.2) is 59.1 Å². The number of pyridine rings is 1. The molecule has 0 bridgehead atoms. The number of furan rings is 1. The van der Waals surface area contributed by atoms with Gasteiger partial charge in [0.05, 0.1) is 11.2 Å². The fourth-order valence-corrected chi connectivity index (χ4v) is 2.99. The van der Waals surface area contributed by atoms with Crippen molar-refractivity contribution in [3.8, 4) is 0 Å². The lowest BCUT2D eigenvalue weighted by atomic mass is 10.1. The number of hydrogen-bond donors (Lipinski definition) is 1. The van der Waals surface area contributed by atoms with Crippen LogP contribution in [0, 0.1) is 13.8 Å². The smallest absolute Gasteiger partial charge is 0.291 e. The van der Waals surface area contributed by atoms with Crippen LogP contribution < -0.4 is 5.32 Å². The number of anilines is 1. The monoisotopic (exact) mass is 316 g/mol. The van der Waals surface area contributed by atoms with Gasteiger partial charge in [-0.05, 0) is 43.7 Å². The quantitative estimate of drug-likeness (QED) is 0.575. The number of amides is 1. The molecule has 4 rings (SSSR count). The van der Waals surface area contributed by atoms with Crippen LogP contribution in [0.5, 0.6) is 0 Å². The summed E-state index contributed by atoms with van der Waals surface area (Å²) < 4.78 is 5.74. The van der Waals surface area contributed by atoms with Crippen LogP contribution in [0.25, 0.3) is 21.9 Å². The zero-order chi connectivity index (χ0) is 16.7. The summed E-state index contributed by atoms with van der Waals surface area (Å²) in [5.41, 5.74) is 4.25. The standard InChI is InChI=1S/C20H16N2O2/c1-12-9-10-16(15-7-5-11-21-18(12)15)22-20(23)19-13(2)14-6-3-4-8-17(14)24-19/h3-11H,1-2H3,(H,22,23). The highest BCUT2D eigenvalue weighted by atomic mass is 16.3. The van der Waals surface area contributed by atoms with Gasteiger partial charge >= 0.3 is 0 Å². The molecule has 0 saturated carbocycles. The molecule has 0 saturated heterocycles. The first-order chi connectivity index (χ1) is 11.6. The minimum absolute atomic E-state index is 0.252. The third kappa shape index (κ3) is 2.24. The minimum atomic E-state index is -0.252. The van der Waals surface area contributed by atoms with Gasteiger partial charge in [0, 0.05) is 22.5 Å². The van der Waals surface area contributed by atoms with Crippen molar-refractivity contribution in [1.29, 1.82) is 0 Å². The molecule has 1 amide bonds. The molecule has 24 heavy (non-hydrogen) atoms. The van der Waals surface area contributed by atoms with Crippen molar-refractivity contribution >= 4 is 33.5 Å². The summed E-state index contributed by atoms with van der Waals surface area (Å²) in [7, 11) is 0. The third-order valence-electron chi connectivity index (χ3n) is 4.27. The first kappa shape index (κ1) is 14.5. The van der Waals surface area contributed by atoms with Crippen LogP contribution in [0.4, 0.5) is 5.69 Å². The van der Waals surface area contributed by atoms with Gasteiger partial charge in [-0.3, -0.25) is 9.78 Å². The molecular formula is C20H16N2O2. The second-order valence-electron chi connectivity index (χ2n) is 5.84. The number of para-hydroxylation sites is 1. The summed E-state index contributed by atoms with van der Waals surface area (Å²) in [5.74, 6) is 0.0894. The van der Waals surface area contributed by atoms with Crippen LogP contribution in [0.3, 0.4) is 0 Å². The van der Waals surface area contributed by atoms with Crippen LogP contribution in [0.1, 0.15) is 21.7 Å². The van der Waals surface area contributed by atoms with E-state index < -0.39 is 0 Å². The molecule has 4 nitrogen and oxygen atoms in total. The Kier molecular flexibility index (Phi) is 3.31. The van der Waals surface area contributed by atoms with Gasteiger partial charge < -0.3 is 9.73 Å². The Morgan fingerprint density at radius 1 is 1.00 bits per heavy atom. The molecular weight excluding hydrogens is 300 g/mol. The maximum atomic E-state index is 12.7. The maximum absolute atomic E-state index is 12.7. The highest BCUT2D eigenvalue weighted by Crippen LogP contribution is 2.28. The number of benzene rings is 2. The number of nitrogens with one attached hydrogen (secondary N) is 1. The average molecular weight is 316 g/mol. The van der Waals surface area contributed by atoms with Crippen LogP contribution in [-0.4, -0.2) is 10.9 Å². The lowest BCUT2D eigenvalue weighted by molar-refractivity contribution is 0.0998. The summed E-state index contributed by atoms with van der Waals surface area (Å²) in [6.07, 6.45) is 1.75. The van der Waals surface area contributed by atoms with E-state index >= 15 is 0 Å². The Balaban J connectivity index is 1.76. The van der Waals surface area contributed by atoms with E-state index in [2.05, 4.69) is 10.3 Å². The molecule has 0 atom stereocenters. The van der Waals surface area contributed by atoms with E-state index in [1.165, 1.54) is 0 Å². The SMILES string of the molecule is Cc1c(C(=O)Nc2ccc(C)c3ncccc23)oc2ccccc12. The van der Waals surface area contributed by atoms with E-state index in [0.717, 1.165) is 38.7 Å². The highest BCUT2D eigenvalue weighted by Gasteiger charge is 2.18. The molecule has 0 radical (unpaired) electrons. The number of hydrogen-bond acceptors (Lipinski definition) is 3. The van der Waals surface area contributed by atoms with Crippen LogP contribution in [-0.2, 0) is 0 Å². The van der Waals surface area contributed by atoms with E-state index in [1.54, 1.807) is 6.20 Å². The molecule has 0 unspecified atom stereocenters. The van der Waals surface area contributed by atoms with Crippen molar-refractivity contribution in [3.63, 3.8) is 0 Å². The number of carbonyl (C=O) groups is 1. The molecule has 0 aliphatic rings. The van der Waals surface area contributed by atoms with Crippen molar-refractivity contribution < 1.29 is 9.21 Å². The number of nitrogens with zero attached hydrogens (tertiary/aromatic N) is 1. The molecule has 0 aliphatic heterocycles. The Labute approximate surface area is 139 Å². The van der Waals surface area contributed by atoms with E-state index in [4.69, 9.17) is 4.42 Å². The minimum Gasteiger partial charge on any atom is -0.451 e. The zero-order valence-electron chi connectivity index (χ0n) is 13.5. The first-order valence-electron chi connectivity index (χ1n) is 7.79. The summed E-state index contributed by atoms with van der Waals surface area (Å²) in [6.45, 7) is 3.90. The highest BCUT2D eigenvalue weighted by molar-refractivity contribution is 6.10. The van der Waals surface area contributed by atoms with E-state index in [0.29, 0.717) is 5.76 Å². The van der Waals surface area contributed by atoms with Crippen molar-refractivity contribution in [2.45, 2.75) is 13.8 Å². The number of rotatable bonds is 2. The van der Waals surface area contributed by atoms with Gasteiger partial charge in [0.25, 0.3) is 5.91 Å². The Bertz CT molecular complexity index is 1080. The number of aromatic nitrogens is 1. The summed E-state index contributed by atoms with van der Waals surface area (Å²) in [5, 5.41) is 4.83. The molecule has 4 heteroatoms. The molecule has 118 valence electrons. The topological polar surface area (TPSA) is 55.1 Å². The van der Waals surface area contributed by atoms with Gasteiger partial charge in [-0.1, -0.05) is 24.3 Å². The van der Waals surface area contributed by atoms with Gasteiger partial charge in [0.2, 0.25) is 0 Å². The molecule has 1 N–H and O–H groups in total. The maximum Gasteiger partial charge on any atom is 0.291 e. The van der Waals surface area contributed by atoms with E-state index in [-0.39, 0.29) is 5.91 Å². The van der Waals surface area contributed by atoms with Gasteiger partial charge in [0.1, 0.15) is 5.58 Å². The van der Waals surface area contributed by atoms with Gasteiger partial charge in [-0.25, -0.2) is 0 Å². The van der Waals surface area contributed by atoms with E-state index in [1.807, 2.05) is 62.4 Å². The second-order valence-corrected chi connectivity index (χ2v) is 5.84. The molecule has 4 aromatic rings. The largest absolute Gasteiger partial charge is 0.451 e. The number of carbonyl (C=O) groups excluding carboxylic acids is 1. The van der Waals surface area contributed by atoms with Gasteiger partial charge in [-0.15, -0.1) is 0 Å². The van der Waals surface area contributed by atoms with Crippen LogP contribution in [0.2, 0.25) is 0 Å². The predicted molar refractivity (Wildman–Crippen MR) is 95.4 cm³/mol. The van der Waals surface area contributed by atoms with Gasteiger partial charge in [0.15, 0.2) is 5.76 Å². The average Bonchev–Trinajstić information content (AvgIpc) is 2.95. The first-order valence-corrected chi connectivity index (χ1v) is 7.79. The summed E-state index contributed by atoms with van der Waals surface area (Å²) in [4.78, 5) is 17.1. The lowest BCUT2D eigenvalue weighted by Crippen LogP contribution is -2.12. The van der Waals surface area contributed by atoms with Gasteiger partial charge in [-0.2, -0.15) is 0 Å². The second kappa shape index (κ2) is 5.49. The predicted octanol–water partition coefficient (Wildman–Crippen LogP) is 4.85. The Hall–Kier alpha value is -3.14. The van der Waals surface area contributed by atoms with Crippen LogP contribution >= 0.6 is 0 Å². The fourth-order valence-electron chi connectivity index (χ4n) is 2.99. The number of aryl methyl sites for hydroxylation is 2. The molecule has 2 aromatic carbocycles. The van der Waals surface area contributed by atoms with Crippen molar-refractivity contribution in [2.75, 3.05) is 5.32 Å². The molecule has 0 fully saturated rings. The van der Waals surface area contributed by atoms with Crippen molar-refractivity contribution in [1.82, 2.24) is 4.98 Å². The van der Waals surface area contributed by atoms with Crippen molar-refractivity contribution in [2.24, 2.45) is 0 Å². The normalized spacial score (nSPS) is 11.1. The summed E-state index contributed by atoms with van der Waals surface area (Å²) in [6, 6.07) is 15.3. The Morgan fingerprint density at radius 2 is 1.79 bits per heavy atom. The number of fused-ring (bicyclic) bond motifs is 2. The molecule has 2 aromatic heterocycles. The van der Waals surface area contributed by atoms with E-state index in [9.17, 15) is 4.79 Å². The lowest BCUT2D eigenvalue weighted by Gasteiger charge is -2.09. The molecule has 2 heterocycles. The molecule has 0 spiro atoms. The Morgan fingerprint density at radius 3 is 2.62 bits per heavy atom. The summed E-state index contributed by atoms with van der Waals surface area (Å²) >= 11 is 0.